The summed E-state index contributed by atoms with van der Waals surface area (Å²) in [5, 5.41) is 14.1. The zero-order valence-corrected chi connectivity index (χ0v) is 8.82. The third kappa shape index (κ3) is 1.32. The molecule has 1 aromatic heterocycles. The lowest BCUT2D eigenvalue weighted by atomic mass is 9.78. The van der Waals surface area contributed by atoms with Gasteiger partial charge in [-0.25, -0.2) is 4.98 Å². The summed E-state index contributed by atoms with van der Waals surface area (Å²) in [6.45, 7) is 2.97. The highest BCUT2D eigenvalue weighted by Gasteiger charge is 2.44. The summed E-state index contributed by atoms with van der Waals surface area (Å²) in [7, 11) is 0. The Bertz CT molecular complexity index is 356. The number of aliphatic hydroxyl groups is 1. The van der Waals surface area contributed by atoms with Gasteiger partial charge in [-0.05, 0) is 31.8 Å². The second-order valence-corrected chi connectivity index (χ2v) is 4.67. The van der Waals surface area contributed by atoms with Crippen LogP contribution < -0.4 is 5.32 Å². The first-order valence-electron chi connectivity index (χ1n) is 5.74. The fourth-order valence-corrected chi connectivity index (χ4v) is 2.99. The average molecular weight is 207 g/mol. The van der Waals surface area contributed by atoms with E-state index < -0.39 is 5.60 Å². The molecule has 1 aromatic rings. The highest BCUT2D eigenvalue weighted by Crippen LogP contribution is 2.42. The first-order chi connectivity index (χ1) is 7.31. The van der Waals surface area contributed by atoms with Gasteiger partial charge < -0.3 is 15.0 Å². The molecular weight excluding hydrogens is 190 g/mol. The van der Waals surface area contributed by atoms with Crippen LogP contribution in [-0.2, 0) is 12.1 Å². The molecule has 1 unspecified atom stereocenters. The molecule has 2 aliphatic heterocycles. The number of hydrogen-bond acceptors (Lipinski definition) is 3. The molecule has 0 amide bonds. The van der Waals surface area contributed by atoms with Crippen molar-refractivity contribution in [3.8, 4) is 0 Å². The molecule has 0 bridgehead atoms. The van der Waals surface area contributed by atoms with Gasteiger partial charge in [-0.1, -0.05) is 0 Å². The van der Waals surface area contributed by atoms with Crippen molar-refractivity contribution < 1.29 is 5.11 Å². The maximum Gasteiger partial charge on any atom is 0.111 e. The van der Waals surface area contributed by atoms with Gasteiger partial charge in [-0.2, -0.15) is 0 Å². The van der Waals surface area contributed by atoms with Gasteiger partial charge in [0, 0.05) is 13.0 Å². The van der Waals surface area contributed by atoms with Crippen LogP contribution in [0.4, 0.5) is 0 Å². The number of imidazole rings is 1. The van der Waals surface area contributed by atoms with E-state index in [1.807, 2.05) is 12.5 Å². The van der Waals surface area contributed by atoms with Gasteiger partial charge in [0.1, 0.15) is 5.60 Å². The summed E-state index contributed by atoms with van der Waals surface area (Å²) in [6, 6.07) is 0. The Morgan fingerprint density at radius 1 is 1.47 bits per heavy atom. The van der Waals surface area contributed by atoms with E-state index in [2.05, 4.69) is 14.9 Å². The van der Waals surface area contributed by atoms with E-state index in [1.54, 1.807) is 0 Å². The minimum Gasteiger partial charge on any atom is -0.383 e. The fourth-order valence-electron chi connectivity index (χ4n) is 2.99. The van der Waals surface area contributed by atoms with Gasteiger partial charge in [-0.3, -0.25) is 0 Å². The molecule has 2 aliphatic rings. The predicted molar refractivity (Wildman–Crippen MR) is 56.3 cm³/mol. The Labute approximate surface area is 89.3 Å². The van der Waals surface area contributed by atoms with Gasteiger partial charge in [0.2, 0.25) is 0 Å². The van der Waals surface area contributed by atoms with Crippen LogP contribution in [-0.4, -0.2) is 27.7 Å². The molecule has 82 valence electrons. The van der Waals surface area contributed by atoms with Crippen molar-refractivity contribution in [2.75, 3.05) is 13.1 Å². The van der Waals surface area contributed by atoms with Crippen molar-refractivity contribution in [3.63, 3.8) is 0 Å². The highest BCUT2D eigenvalue weighted by atomic mass is 16.3. The summed E-state index contributed by atoms with van der Waals surface area (Å²) < 4.78 is 2.09. The highest BCUT2D eigenvalue weighted by molar-refractivity contribution is 5.17. The third-order valence-electron chi connectivity index (χ3n) is 3.90. The minimum atomic E-state index is -0.612. The van der Waals surface area contributed by atoms with Crippen LogP contribution in [0, 0.1) is 5.92 Å². The SMILES string of the molecule is OC1(C2CCNCC2)CCn2cncc21. The molecule has 1 fully saturated rings. The molecule has 2 N–H and O–H groups in total. The molecule has 3 rings (SSSR count). The monoisotopic (exact) mass is 207 g/mol. The van der Waals surface area contributed by atoms with Crippen LogP contribution in [0.5, 0.6) is 0 Å². The van der Waals surface area contributed by atoms with Crippen LogP contribution in [0.1, 0.15) is 25.0 Å². The number of aryl methyl sites for hydroxylation is 1. The molecule has 0 spiro atoms. The van der Waals surface area contributed by atoms with Crippen molar-refractivity contribution in [2.45, 2.75) is 31.4 Å². The van der Waals surface area contributed by atoms with Gasteiger partial charge in [0.25, 0.3) is 0 Å². The van der Waals surface area contributed by atoms with Gasteiger partial charge in [0.15, 0.2) is 0 Å². The lowest BCUT2D eigenvalue weighted by molar-refractivity contribution is -0.0347. The van der Waals surface area contributed by atoms with Gasteiger partial charge >= 0.3 is 0 Å². The zero-order valence-electron chi connectivity index (χ0n) is 8.82. The van der Waals surface area contributed by atoms with Crippen LogP contribution in [0.3, 0.4) is 0 Å². The maximum atomic E-state index is 10.8. The smallest absolute Gasteiger partial charge is 0.111 e. The maximum absolute atomic E-state index is 10.8. The van der Waals surface area contributed by atoms with E-state index in [0.29, 0.717) is 5.92 Å². The Kier molecular flexibility index (Phi) is 2.07. The average Bonchev–Trinajstić information content (AvgIpc) is 2.85. The summed E-state index contributed by atoms with van der Waals surface area (Å²) in [6.07, 6.45) is 6.66. The fraction of sp³-hybridized carbons (Fsp3) is 0.727. The summed E-state index contributed by atoms with van der Waals surface area (Å²) in [5.74, 6) is 0.400. The van der Waals surface area contributed by atoms with Crippen LogP contribution in [0.25, 0.3) is 0 Å². The number of nitrogens with one attached hydrogen (secondary N) is 1. The summed E-state index contributed by atoms with van der Waals surface area (Å²) in [5.41, 5.74) is 0.410. The van der Waals surface area contributed by atoms with Gasteiger partial charge in [0.05, 0.1) is 18.2 Å². The molecule has 4 heteroatoms. The van der Waals surface area contributed by atoms with E-state index in [9.17, 15) is 5.11 Å². The zero-order chi connectivity index (χ0) is 10.3. The Morgan fingerprint density at radius 3 is 3.07 bits per heavy atom. The molecule has 0 radical (unpaired) electrons. The van der Waals surface area contributed by atoms with E-state index in [4.69, 9.17) is 0 Å². The van der Waals surface area contributed by atoms with Crippen molar-refractivity contribution >= 4 is 0 Å². The second kappa shape index (κ2) is 3.32. The number of fused-ring (bicyclic) bond motifs is 1. The standard InChI is InChI=1S/C11H17N3O/c15-11(9-1-4-12-5-2-9)3-6-14-8-13-7-10(11)14/h7-9,12,15H,1-6H2. The van der Waals surface area contributed by atoms with E-state index >= 15 is 0 Å². The van der Waals surface area contributed by atoms with Crippen LogP contribution >= 0.6 is 0 Å². The molecule has 3 heterocycles. The number of piperidine rings is 1. The predicted octanol–water partition coefficient (Wildman–Crippen LogP) is 0.474. The second-order valence-electron chi connectivity index (χ2n) is 4.67. The molecular formula is C11H17N3O. The lowest BCUT2D eigenvalue weighted by Crippen LogP contribution is -2.40. The number of nitrogens with zero attached hydrogens (tertiary/aromatic N) is 2. The summed E-state index contributed by atoms with van der Waals surface area (Å²) >= 11 is 0. The van der Waals surface area contributed by atoms with Crippen molar-refractivity contribution in [3.05, 3.63) is 18.2 Å². The Morgan fingerprint density at radius 2 is 2.27 bits per heavy atom. The topological polar surface area (TPSA) is 50.1 Å². The van der Waals surface area contributed by atoms with E-state index in [1.165, 1.54) is 0 Å². The Balaban J connectivity index is 1.91. The third-order valence-corrected chi connectivity index (χ3v) is 3.90. The van der Waals surface area contributed by atoms with Crippen LogP contribution in [0.2, 0.25) is 0 Å². The van der Waals surface area contributed by atoms with Crippen LogP contribution in [0.15, 0.2) is 12.5 Å². The molecule has 4 nitrogen and oxygen atoms in total. The van der Waals surface area contributed by atoms with Crippen molar-refractivity contribution in [1.29, 1.82) is 0 Å². The summed E-state index contributed by atoms with van der Waals surface area (Å²) in [4.78, 5) is 4.12. The number of hydrogen-bond donors (Lipinski definition) is 2. The van der Waals surface area contributed by atoms with Crippen molar-refractivity contribution in [2.24, 2.45) is 5.92 Å². The van der Waals surface area contributed by atoms with Gasteiger partial charge in [-0.15, -0.1) is 0 Å². The molecule has 0 saturated carbocycles. The molecule has 1 saturated heterocycles. The molecule has 1 atom stereocenters. The number of aromatic nitrogens is 2. The minimum absolute atomic E-state index is 0.400. The first-order valence-corrected chi connectivity index (χ1v) is 5.74. The normalized spacial score (nSPS) is 31.8. The molecule has 0 aromatic carbocycles. The molecule has 0 aliphatic carbocycles. The van der Waals surface area contributed by atoms with E-state index in [-0.39, 0.29) is 0 Å². The largest absolute Gasteiger partial charge is 0.383 e. The first kappa shape index (κ1) is 9.36. The lowest BCUT2D eigenvalue weighted by Gasteiger charge is -2.35. The Hall–Kier alpha value is -0.870. The van der Waals surface area contributed by atoms with Crippen molar-refractivity contribution in [1.82, 2.24) is 14.9 Å². The molecule has 15 heavy (non-hydrogen) atoms. The number of rotatable bonds is 1. The quantitative estimate of drug-likeness (QED) is 0.704. The van der Waals surface area contributed by atoms with E-state index in [0.717, 1.165) is 44.6 Å².